The molecule has 1 unspecified atom stereocenters. The SMILES string of the molecule is Cc1cc(C(C)(N)CO)c[nH]c1=O. The van der Waals surface area contributed by atoms with Gasteiger partial charge in [0.1, 0.15) is 0 Å². The minimum absolute atomic E-state index is 0.127. The number of rotatable bonds is 2. The monoisotopic (exact) mass is 182 g/mol. The van der Waals surface area contributed by atoms with E-state index in [0.717, 1.165) is 5.56 Å². The third kappa shape index (κ3) is 1.96. The zero-order valence-corrected chi connectivity index (χ0v) is 7.79. The first-order chi connectivity index (χ1) is 5.97. The Kier molecular flexibility index (Phi) is 2.54. The smallest absolute Gasteiger partial charge is 0.250 e. The van der Waals surface area contributed by atoms with Gasteiger partial charge in [0, 0.05) is 11.8 Å². The minimum atomic E-state index is -0.797. The molecule has 1 rings (SSSR count). The fourth-order valence-electron chi connectivity index (χ4n) is 1.02. The highest BCUT2D eigenvalue weighted by atomic mass is 16.3. The molecule has 0 bridgehead atoms. The van der Waals surface area contributed by atoms with E-state index in [1.54, 1.807) is 19.9 Å². The van der Waals surface area contributed by atoms with Gasteiger partial charge in [-0.05, 0) is 25.5 Å². The first-order valence-corrected chi connectivity index (χ1v) is 4.07. The lowest BCUT2D eigenvalue weighted by atomic mass is 9.95. The van der Waals surface area contributed by atoms with Gasteiger partial charge in [0.2, 0.25) is 0 Å². The average Bonchev–Trinajstić information content (AvgIpc) is 2.09. The molecule has 13 heavy (non-hydrogen) atoms. The molecule has 0 aliphatic rings. The summed E-state index contributed by atoms with van der Waals surface area (Å²) in [4.78, 5) is 13.6. The molecule has 0 aliphatic heterocycles. The quantitative estimate of drug-likeness (QED) is 0.595. The lowest BCUT2D eigenvalue weighted by Gasteiger charge is -2.21. The van der Waals surface area contributed by atoms with Gasteiger partial charge in [-0.15, -0.1) is 0 Å². The van der Waals surface area contributed by atoms with Gasteiger partial charge in [0.25, 0.3) is 5.56 Å². The van der Waals surface area contributed by atoms with Gasteiger partial charge in [-0.25, -0.2) is 0 Å². The Morgan fingerprint density at radius 3 is 2.77 bits per heavy atom. The van der Waals surface area contributed by atoms with Gasteiger partial charge < -0.3 is 15.8 Å². The lowest BCUT2D eigenvalue weighted by molar-refractivity contribution is 0.209. The van der Waals surface area contributed by atoms with E-state index < -0.39 is 5.54 Å². The highest BCUT2D eigenvalue weighted by Gasteiger charge is 2.20. The highest BCUT2D eigenvalue weighted by Crippen LogP contribution is 2.15. The van der Waals surface area contributed by atoms with Crippen molar-refractivity contribution in [2.45, 2.75) is 19.4 Å². The molecule has 4 N–H and O–H groups in total. The van der Waals surface area contributed by atoms with Crippen LogP contribution in [0.3, 0.4) is 0 Å². The van der Waals surface area contributed by atoms with Gasteiger partial charge >= 0.3 is 0 Å². The summed E-state index contributed by atoms with van der Waals surface area (Å²) >= 11 is 0. The molecule has 0 radical (unpaired) electrons. The summed E-state index contributed by atoms with van der Waals surface area (Å²) in [6, 6.07) is 1.69. The number of aliphatic hydroxyl groups is 1. The largest absolute Gasteiger partial charge is 0.394 e. The zero-order chi connectivity index (χ0) is 10.1. The number of H-pyrrole nitrogens is 1. The van der Waals surface area contributed by atoms with Gasteiger partial charge in [0.05, 0.1) is 12.1 Å². The van der Waals surface area contributed by atoms with E-state index in [1.807, 2.05) is 0 Å². The first-order valence-electron chi connectivity index (χ1n) is 4.07. The molecule has 0 saturated carbocycles. The molecule has 0 spiro atoms. The van der Waals surface area contributed by atoms with Crippen LogP contribution in [0.4, 0.5) is 0 Å². The van der Waals surface area contributed by atoms with Crippen LogP contribution in [-0.4, -0.2) is 16.7 Å². The maximum absolute atomic E-state index is 11.0. The van der Waals surface area contributed by atoms with Crippen molar-refractivity contribution in [1.82, 2.24) is 4.98 Å². The van der Waals surface area contributed by atoms with Crippen molar-refractivity contribution in [3.63, 3.8) is 0 Å². The molecule has 4 nitrogen and oxygen atoms in total. The van der Waals surface area contributed by atoms with E-state index in [4.69, 9.17) is 10.8 Å². The van der Waals surface area contributed by atoms with Gasteiger partial charge in [-0.1, -0.05) is 0 Å². The molecule has 0 aromatic carbocycles. The van der Waals surface area contributed by atoms with Crippen LogP contribution in [0.25, 0.3) is 0 Å². The van der Waals surface area contributed by atoms with Crippen LogP contribution in [0.1, 0.15) is 18.1 Å². The third-order valence-corrected chi connectivity index (χ3v) is 2.08. The van der Waals surface area contributed by atoms with Crippen LogP contribution in [0.2, 0.25) is 0 Å². The van der Waals surface area contributed by atoms with Gasteiger partial charge in [0.15, 0.2) is 0 Å². The van der Waals surface area contributed by atoms with Crippen LogP contribution in [0, 0.1) is 6.92 Å². The lowest BCUT2D eigenvalue weighted by Crippen LogP contribution is -2.37. The maximum atomic E-state index is 11.0. The Bertz CT molecular complexity index is 355. The number of nitrogens with two attached hydrogens (primary N) is 1. The van der Waals surface area contributed by atoms with Crippen molar-refractivity contribution in [3.05, 3.63) is 33.7 Å². The molecule has 0 fully saturated rings. The Morgan fingerprint density at radius 2 is 2.31 bits per heavy atom. The normalized spacial score (nSPS) is 15.4. The number of aromatic nitrogens is 1. The van der Waals surface area contributed by atoms with Crippen molar-refractivity contribution in [3.8, 4) is 0 Å². The number of nitrogens with one attached hydrogen (secondary N) is 1. The van der Waals surface area contributed by atoms with Crippen LogP contribution < -0.4 is 11.3 Å². The molecule has 0 saturated heterocycles. The van der Waals surface area contributed by atoms with Crippen molar-refractivity contribution in [1.29, 1.82) is 0 Å². The summed E-state index contributed by atoms with van der Waals surface area (Å²) in [5, 5.41) is 8.99. The molecule has 0 aliphatic carbocycles. The van der Waals surface area contributed by atoms with E-state index in [1.165, 1.54) is 6.20 Å². The van der Waals surface area contributed by atoms with Crippen LogP contribution in [0.5, 0.6) is 0 Å². The molecule has 4 heteroatoms. The Labute approximate surface area is 76.4 Å². The first kappa shape index (κ1) is 9.95. The number of hydrogen-bond acceptors (Lipinski definition) is 3. The second-order valence-corrected chi connectivity index (χ2v) is 3.48. The van der Waals surface area contributed by atoms with Crippen molar-refractivity contribution in [2.24, 2.45) is 5.73 Å². The number of aliphatic hydroxyl groups excluding tert-OH is 1. The second kappa shape index (κ2) is 3.32. The second-order valence-electron chi connectivity index (χ2n) is 3.48. The van der Waals surface area contributed by atoms with Crippen LogP contribution >= 0.6 is 0 Å². The summed E-state index contributed by atoms with van der Waals surface area (Å²) in [6.45, 7) is 3.26. The number of pyridine rings is 1. The highest BCUT2D eigenvalue weighted by molar-refractivity contribution is 5.23. The van der Waals surface area contributed by atoms with Gasteiger partial charge in [-0.2, -0.15) is 0 Å². The van der Waals surface area contributed by atoms with E-state index in [2.05, 4.69) is 4.98 Å². The van der Waals surface area contributed by atoms with E-state index in [-0.39, 0.29) is 12.2 Å². The Balaban J connectivity index is 3.18. The van der Waals surface area contributed by atoms with Crippen LogP contribution in [0.15, 0.2) is 17.1 Å². The minimum Gasteiger partial charge on any atom is -0.394 e. The van der Waals surface area contributed by atoms with Gasteiger partial charge in [-0.3, -0.25) is 4.79 Å². The summed E-state index contributed by atoms with van der Waals surface area (Å²) in [5.74, 6) is 0. The summed E-state index contributed by atoms with van der Waals surface area (Å²) in [5.41, 5.74) is 6.19. The molecule has 1 atom stereocenters. The summed E-state index contributed by atoms with van der Waals surface area (Å²) in [7, 11) is 0. The number of hydrogen-bond donors (Lipinski definition) is 3. The summed E-state index contributed by atoms with van der Waals surface area (Å²) in [6.07, 6.45) is 1.53. The predicted molar refractivity (Wildman–Crippen MR) is 50.4 cm³/mol. The summed E-state index contributed by atoms with van der Waals surface area (Å²) < 4.78 is 0. The molecular formula is C9H14N2O2. The van der Waals surface area contributed by atoms with Crippen molar-refractivity contribution < 1.29 is 5.11 Å². The molecule has 72 valence electrons. The maximum Gasteiger partial charge on any atom is 0.250 e. The predicted octanol–water partition coefficient (Wildman–Crippen LogP) is -0.150. The number of aromatic amines is 1. The van der Waals surface area contributed by atoms with E-state index in [0.29, 0.717) is 5.56 Å². The molecular weight excluding hydrogens is 168 g/mol. The standard InChI is InChI=1S/C9H14N2O2/c1-6-3-7(4-11-8(6)13)9(2,10)5-12/h3-4,12H,5,10H2,1-2H3,(H,11,13). The average molecular weight is 182 g/mol. The molecule has 1 aromatic rings. The topological polar surface area (TPSA) is 79.1 Å². The van der Waals surface area contributed by atoms with Crippen LogP contribution in [-0.2, 0) is 5.54 Å². The fraction of sp³-hybridized carbons (Fsp3) is 0.444. The zero-order valence-electron chi connectivity index (χ0n) is 7.79. The van der Waals surface area contributed by atoms with Crippen molar-refractivity contribution in [2.75, 3.05) is 6.61 Å². The van der Waals surface area contributed by atoms with E-state index in [9.17, 15) is 4.79 Å². The Hall–Kier alpha value is -1.13. The molecule has 1 heterocycles. The molecule has 0 amide bonds. The molecule has 1 aromatic heterocycles. The number of aryl methyl sites for hydroxylation is 1. The third-order valence-electron chi connectivity index (χ3n) is 2.08. The fourth-order valence-corrected chi connectivity index (χ4v) is 1.02. The van der Waals surface area contributed by atoms with E-state index >= 15 is 0 Å². The Morgan fingerprint density at radius 1 is 1.69 bits per heavy atom. The van der Waals surface area contributed by atoms with Crippen molar-refractivity contribution >= 4 is 0 Å².